The van der Waals surface area contributed by atoms with Crippen LogP contribution in [0, 0.1) is 23.7 Å². The molecule has 2 saturated carbocycles. The molecule has 2 amide bonds. The standard InChI is InChI=1S/C18H28N2O6/c1-3-26-17(22)15-12-5-4-11(10-12)14(15)16(21)20(19-18(23)24-2)13-6-8-25-9-7-13/h11-15H,3-10H2,1-2H3,(H,19,23)/t11?,12?,14?,15-/m0/s1. The van der Waals surface area contributed by atoms with E-state index in [-0.39, 0.29) is 29.8 Å². The maximum Gasteiger partial charge on any atom is 0.425 e. The van der Waals surface area contributed by atoms with Crippen LogP contribution in [0.3, 0.4) is 0 Å². The van der Waals surface area contributed by atoms with Gasteiger partial charge < -0.3 is 14.2 Å². The fourth-order valence-electron chi connectivity index (χ4n) is 4.80. The van der Waals surface area contributed by atoms with Crippen LogP contribution < -0.4 is 5.43 Å². The second-order valence-electron chi connectivity index (χ2n) is 7.29. The van der Waals surface area contributed by atoms with E-state index >= 15 is 0 Å². The van der Waals surface area contributed by atoms with Crippen LogP contribution in [0.1, 0.15) is 39.0 Å². The molecule has 3 unspecified atom stereocenters. The average molecular weight is 368 g/mol. The number of carbonyl (C=O) groups excluding carboxylic acids is 3. The third-order valence-corrected chi connectivity index (χ3v) is 5.95. The van der Waals surface area contributed by atoms with E-state index in [0.29, 0.717) is 32.7 Å². The Morgan fingerprint density at radius 1 is 1.08 bits per heavy atom. The summed E-state index contributed by atoms with van der Waals surface area (Å²) < 4.78 is 15.3. The number of hydrogen-bond donors (Lipinski definition) is 1. The number of methoxy groups -OCH3 is 1. The molecule has 0 spiro atoms. The zero-order valence-electron chi connectivity index (χ0n) is 15.4. The molecular formula is C18H28N2O6. The van der Waals surface area contributed by atoms with Gasteiger partial charge in [-0.15, -0.1) is 0 Å². The highest BCUT2D eigenvalue weighted by atomic mass is 16.5. The lowest BCUT2D eigenvalue weighted by atomic mass is 9.78. The molecule has 1 saturated heterocycles. The van der Waals surface area contributed by atoms with Crippen molar-refractivity contribution >= 4 is 18.0 Å². The molecule has 2 aliphatic carbocycles. The Labute approximate surface area is 153 Å². The number of rotatable bonds is 4. The number of hydrogen-bond acceptors (Lipinski definition) is 6. The number of hydrazine groups is 1. The highest BCUT2D eigenvalue weighted by molar-refractivity contribution is 5.88. The molecule has 0 aromatic rings. The van der Waals surface area contributed by atoms with Crippen molar-refractivity contribution in [3.05, 3.63) is 0 Å². The summed E-state index contributed by atoms with van der Waals surface area (Å²) in [6.45, 7) is 3.15. The van der Waals surface area contributed by atoms with Gasteiger partial charge in [-0.05, 0) is 50.9 Å². The summed E-state index contributed by atoms with van der Waals surface area (Å²) in [5, 5.41) is 1.39. The molecule has 8 nitrogen and oxygen atoms in total. The van der Waals surface area contributed by atoms with E-state index in [9.17, 15) is 14.4 Å². The normalized spacial score (nSPS) is 30.7. The molecule has 146 valence electrons. The van der Waals surface area contributed by atoms with Gasteiger partial charge in [0.2, 0.25) is 5.91 Å². The van der Waals surface area contributed by atoms with Gasteiger partial charge >= 0.3 is 12.1 Å². The van der Waals surface area contributed by atoms with Crippen molar-refractivity contribution in [2.75, 3.05) is 26.9 Å². The number of nitrogens with zero attached hydrogens (tertiary/aromatic N) is 1. The first-order valence-electron chi connectivity index (χ1n) is 9.48. The van der Waals surface area contributed by atoms with E-state index in [1.807, 2.05) is 0 Å². The number of esters is 1. The van der Waals surface area contributed by atoms with E-state index in [1.165, 1.54) is 12.1 Å². The maximum atomic E-state index is 13.4. The number of carbonyl (C=O) groups is 3. The quantitative estimate of drug-likeness (QED) is 0.597. The zero-order chi connectivity index (χ0) is 18.7. The SMILES string of the molecule is CCOC(=O)[C@H]1C2CCC(C2)C1C(=O)N(NC(=O)OC)C1CCOCC1. The molecule has 0 aromatic heterocycles. The van der Waals surface area contributed by atoms with Gasteiger partial charge in [0.1, 0.15) is 0 Å². The van der Waals surface area contributed by atoms with Crippen LogP contribution in [-0.4, -0.2) is 56.0 Å². The molecular weight excluding hydrogens is 340 g/mol. The molecule has 0 aromatic carbocycles. The smallest absolute Gasteiger partial charge is 0.425 e. The van der Waals surface area contributed by atoms with Gasteiger partial charge in [-0.2, -0.15) is 0 Å². The minimum absolute atomic E-state index is 0.155. The van der Waals surface area contributed by atoms with Gasteiger partial charge in [0.25, 0.3) is 0 Å². The molecule has 1 heterocycles. The van der Waals surface area contributed by atoms with Crippen molar-refractivity contribution in [2.24, 2.45) is 23.7 Å². The first-order chi connectivity index (χ1) is 12.6. The number of fused-ring (bicyclic) bond motifs is 2. The molecule has 3 aliphatic rings. The van der Waals surface area contributed by atoms with E-state index in [4.69, 9.17) is 14.2 Å². The van der Waals surface area contributed by atoms with Crippen LogP contribution in [0.5, 0.6) is 0 Å². The van der Waals surface area contributed by atoms with E-state index < -0.39 is 17.9 Å². The van der Waals surface area contributed by atoms with Gasteiger partial charge in [0.15, 0.2) is 0 Å². The fourth-order valence-corrected chi connectivity index (χ4v) is 4.80. The van der Waals surface area contributed by atoms with Crippen LogP contribution in [0.25, 0.3) is 0 Å². The predicted molar refractivity (Wildman–Crippen MR) is 90.7 cm³/mol. The Bertz CT molecular complexity index is 548. The summed E-state index contributed by atoms with van der Waals surface area (Å²) >= 11 is 0. The Morgan fingerprint density at radius 3 is 2.35 bits per heavy atom. The zero-order valence-corrected chi connectivity index (χ0v) is 15.4. The van der Waals surface area contributed by atoms with E-state index in [1.54, 1.807) is 6.92 Å². The average Bonchev–Trinajstić information content (AvgIpc) is 3.27. The largest absolute Gasteiger partial charge is 0.466 e. The number of ether oxygens (including phenoxy) is 3. The topological polar surface area (TPSA) is 94.2 Å². The van der Waals surface area contributed by atoms with Crippen molar-refractivity contribution in [1.29, 1.82) is 0 Å². The van der Waals surface area contributed by atoms with Gasteiger partial charge in [-0.3, -0.25) is 9.59 Å². The first kappa shape index (κ1) is 18.9. The lowest BCUT2D eigenvalue weighted by molar-refractivity contribution is -0.160. The minimum atomic E-state index is -0.680. The first-order valence-corrected chi connectivity index (χ1v) is 9.48. The van der Waals surface area contributed by atoms with Crippen molar-refractivity contribution in [1.82, 2.24) is 10.4 Å². The molecule has 3 fully saturated rings. The maximum absolute atomic E-state index is 13.4. The lowest BCUT2D eigenvalue weighted by Gasteiger charge is -2.38. The summed E-state index contributed by atoms with van der Waals surface area (Å²) in [6, 6.07) is -0.155. The minimum Gasteiger partial charge on any atom is -0.466 e. The summed E-state index contributed by atoms with van der Waals surface area (Å²) in [6.07, 6.45) is 3.37. The van der Waals surface area contributed by atoms with Crippen molar-refractivity contribution in [2.45, 2.75) is 45.1 Å². The van der Waals surface area contributed by atoms with Crippen LogP contribution in [0.2, 0.25) is 0 Å². The van der Waals surface area contributed by atoms with E-state index in [0.717, 1.165) is 19.3 Å². The van der Waals surface area contributed by atoms with E-state index in [2.05, 4.69) is 5.43 Å². The van der Waals surface area contributed by atoms with Crippen molar-refractivity contribution in [3.8, 4) is 0 Å². The summed E-state index contributed by atoms with van der Waals surface area (Å²) in [4.78, 5) is 37.7. The highest BCUT2D eigenvalue weighted by Crippen LogP contribution is 2.53. The van der Waals surface area contributed by atoms with Crippen LogP contribution in [0.15, 0.2) is 0 Å². The molecule has 3 rings (SSSR count). The van der Waals surface area contributed by atoms with Gasteiger partial charge in [-0.1, -0.05) is 0 Å². The Balaban J connectivity index is 1.81. The fraction of sp³-hybridized carbons (Fsp3) is 0.833. The number of nitrogens with one attached hydrogen (secondary N) is 1. The summed E-state index contributed by atoms with van der Waals surface area (Å²) in [5.74, 6) is -0.974. The second kappa shape index (κ2) is 8.24. The molecule has 0 radical (unpaired) electrons. The van der Waals surface area contributed by atoms with Crippen LogP contribution in [-0.2, 0) is 23.8 Å². The highest BCUT2D eigenvalue weighted by Gasteiger charge is 2.56. The molecule has 8 heteroatoms. The lowest BCUT2D eigenvalue weighted by Crippen LogP contribution is -2.57. The molecule has 1 aliphatic heterocycles. The van der Waals surface area contributed by atoms with Crippen molar-refractivity contribution < 1.29 is 28.6 Å². The predicted octanol–water partition coefficient (Wildman–Crippen LogP) is 1.49. The molecule has 2 bridgehead atoms. The number of amides is 2. The Morgan fingerprint density at radius 2 is 1.73 bits per heavy atom. The third kappa shape index (κ3) is 3.65. The van der Waals surface area contributed by atoms with Gasteiger partial charge in [0, 0.05) is 13.2 Å². The van der Waals surface area contributed by atoms with Crippen molar-refractivity contribution in [3.63, 3.8) is 0 Å². The molecule has 26 heavy (non-hydrogen) atoms. The second-order valence-corrected chi connectivity index (χ2v) is 7.29. The monoisotopic (exact) mass is 368 g/mol. The third-order valence-electron chi connectivity index (χ3n) is 5.95. The summed E-state index contributed by atoms with van der Waals surface area (Å²) in [5.41, 5.74) is 2.58. The van der Waals surface area contributed by atoms with Gasteiger partial charge in [0.05, 0.1) is 31.6 Å². The molecule has 4 atom stereocenters. The Hall–Kier alpha value is -1.83. The Kier molecular flexibility index (Phi) is 6.01. The summed E-state index contributed by atoms with van der Waals surface area (Å²) in [7, 11) is 1.26. The van der Waals surface area contributed by atoms with Gasteiger partial charge in [-0.25, -0.2) is 15.2 Å². The van der Waals surface area contributed by atoms with Crippen LogP contribution >= 0.6 is 0 Å². The molecule has 1 N–H and O–H groups in total. The van der Waals surface area contributed by atoms with Crippen LogP contribution in [0.4, 0.5) is 4.79 Å².